The largest absolute Gasteiger partial charge is 0.388 e. The van der Waals surface area contributed by atoms with E-state index in [1.807, 2.05) is 12.1 Å². The molecule has 0 saturated carbocycles. The van der Waals surface area contributed by atoms with E-state index in [2.05, 4.69) is 46.1 Å². The van der Waals surface area contributed by atoms with Crippen molar-refractivity contribution in [3.05, 3.63) is 76.7 Å². The van der Waals surface area contributed by atoms with Crippen LogP contribution in [-0.4, -0.2) is 10.1 Å². The van der Waals surface area contributed by atoms with Crippen molar-refractivity contribution in [3.8, 4) is 11.1 Å². The minimum absolute atomic E-state index is 0.504. The number of nitrogens with zero attached hydrogens (tertiary/aromatic N) is 1. The van der Waals surface area contributed by atoms with Gasteiger partial charge in [-0.2, -0.15) is 11.3 Å². The van der Waals surface area contributed by atoms with Crippen molar-refractivity contribution < 1.29 is 5.11 Å². The number of rotatable bonds is 4. The van der Waals surface area contributed by atoms with E-state index in [-0.39, 0.29) is 0 Å². The number of benzene rings is 1. The fraction of sp³-hybridized carbons (Fsp3) is 0.118. The third-order valence-corrected chi connectivity index (χ3v) is 3.99. The van der Waals surface area contributed by atoms with Gasteiger partial charge in [-0.25, -0.2) is 0 Å². The van der Waals surface area contributed by atoms with Gasteiger partial charge in [0, 0.05) is 18.8 Å². The molecule has 0 saturated heterocycles. The van der Waals surface area contributed by atoms with Crippen molar-refractivity contribution in [1.82, 2.24) is 4.98 Å². The number of thiophene rings is 1. The van der Waals surface area contributed by atoms with Crippen LogP contribution >= 0.6 is 11.3 Å². The molecule has 0 fully saturated rings. The summed E-state index contributed by atoms with van der Waals surface area (Å²) in [5, 5.41) is 14.4. The SMILES string of the molecule is OC(Cc1ccc(-c2ccsc2)cc1)c1cccnc1. The molecule has 2 aromatic heterocycles. The zero-order valence-electron chi connectivity index (χ0n) is 10.9. The van der Waals surface area contributed by atoms with Crippen molar-refractivity contribution >= 4 is 11.3 Å². The first kappa shape index (κ1) is 13.0. The average Bonchev–Trinajstić information content (AvgIpc) is 3.03. The Morgan fingerprint density at radius 2 is 1.90 bits per heavy atom. The van der Waals surface area contributed by atoms with Crippen LogP contribution in [0.3, 0.4) is 0 Å². The minimum atomic E-state index is -0.504. The first-order valence-electron chi connectivity index (χ1n) is 6.52. The highest BCUT2D eigenvalue weighted by atomic mass is 32.1. The van der Waals surface area contributed by atoms with Crippen LogP contribution in [0, 0.1) is 0 Å². The summed E-state index contributed by atoms with van der Waals surface area (Å²) in [5.74, 6) is 0. The molecule has 2 heterocycles. The van der Waals surface area contributed by atoms with Crippen LogP contribution in [0.4, 0.5) is 0 Å². The van der Waals surface area contributed by atoms with Crippen LogP contribution in [0.2, 0.25) is 0 Å². The molecule has 3 heteroatoms. The quantitative estimate of drug-likeness (QED) is 0.781. The van der Waals surface area contributed by atoms with Gasteiger partial charge in [0.25, 0.3) is 0 Å². The molecular weight excluding hydrogens is 266 g/mol. The summed E-state index contributed by atoms with van der Waals surface area (Å²) in [7, 11) is 0. The summed E-state index contributed by atoms with van der Waals surface area (Å²) >= 11 is 1.70. The molecule has 0 aliphatic heterocycles. The Morgan fingerprint density at radius 1 is 1.05 bits per heavy atom. The third kappa shape index (κ3) is 2.95. The molecular formula is C17H15NOS. The van der Waals surface area contributed by atoms with E-state index >= 15 is 0 Å². The Bertz CT molecular complexity index is 647. The van der Waals surface area contributed by atoms with Crippen molar-refractivity contribution in [2.75, 3.05) is 0 Å². The van der Waals surface area contributed by atoms with Crippen molar-refractivity contribution in [2.24, 2.45) is 0 Å². The lowest BCUT2D eigenvalue weighted by Gasteiger charge is -2.10. The summed E-state index contributed by atoms with van der Waals surface area (Å²) in [6.45, 7) is 0. The number of pyridine rings is 1. The Labute approximate surface area is 122 Å². The second kappa shape index (κ2) is 5.99. The van der Waals surface area contributed by atoms with Crippen LogP contribution < -0.4 is 0 Å². The van der Waals surface area contributed by atoms with Gasteiger partial charge in [0.1, 0.15) is 0 Å². The van der Waals surface area contributed by atoms with Crippen molar-refractivity contribution in [1.29, 1.82) is 0 Å². The molecule has 1 unspecified atom stereocenters. The highest BCUT2D eigenvalue weighted by Gasteiger charge is 2.08. The zero-order chi connectivity index (χ0) is 13.8. The Balaban J connectivity index is 1.72. The molecule has 20 heavy (non-hydrogen) atoms. The summed E-state index contributed by atoms with van der Waals surface area (Å²) in [6.07, 6.45) is 3.53. The van der Waals surface area contributed by atoms with Gasteiger partial charge in [0.15, 0.2) is 0 Å². The van der Waals surface area contributed by atoms with Gasteiger partial charge in [-0.1, -0.05) is 30.3 Å². The van der Waals surface area contributed by atoms with Gasteiger partial charge in [-0.3, -0.25) is 4.98 Å². The molecule has 0 radical (unpaired) electrons. The van der Waals surface area contributed by atoms with Gasteiger partial charge in [0.05, 0.1) is 6.10 Å². The number of hydrogen-bond donors (Lipinski definition) is 1. The number of aliphatic hydroxyl groups is 1. The highest BCUT2D eigenvalue weighted by molar-refractivity contribution is 7.08. The molecule has 1 N–H and O–H groups in total. The average molecular weight is 281 g/mol. The first-order valence-corrected chi connectivity index (χ1v) is 7.47. The Hall–Kier alpha value is -1.97. The molecule has 3 aromatic rings. The van der Waals surface area contributed by atoms with Crippen molar-refractivity contribution in [2.45, 2.75) is 12.5 Å². The lowest BCUT2D eigenvalue weighted by Crippen LogP contribution is -2.01. The topological polar surface area (TPSA) is 33.1 Å². The van der Waals surface area contributed by atoms with E-state index < -0.39 is 6.10 Å². The zero-order valence-corrected chi connectivity index (χ0v) is 11.8. The van der Waals surface area contributed by atoms with Crippen LogP contribution in [0.25, 0.3) is 11.1 Å². The predicted octanol–water partition coefficient (Wildman–Crippen LogP) is 4.09. The Kier molecular flexibility index (Phi) is 3.90. The lowest BCUT2D eigenvalue weighted by molar-refractivity contribution is 0.178. The number of aliphatic hydroxyl groups excluding tert-OH is 1. The number of hydrogen-bond acceptors (Lipinski definition) is 3. The Morgan fingerprint density at radius 3 is 2.55 bits per heavy atom. The maximum Gasteiger partial charge on any atom is 0.0845 e. The first-order chi connectivity index (χ1) is 9.83. The second-order valence-corrected chi connectivity index (χ2v) is 5.50. The summed E-state index contributed by atoms with van der Waals surface area (Å²) in [4.78, 5) is 4.04. The highest BCUT2D eigenvalue weighted by Crippen LogP contribution is 2.24. The van der Waals surface area contributed by atoms with Crippen LogP contribution in [0.1, 0.15) is 17.2 Å². The second-order valence-electron chi connectivity index (χ2n) is 4.72. The normalized spacial score (nSPS) is 12.2. The molecule has 2 nitrogen and oxygen atoms in total. The van der Waals surface area contributed by atoms with Gasteiger partial charge in [0.2, 0.25) is 0 Å². The molecule has 100 valence electrons. The standard InChI is InChI=1S/C17H15NOS/c19-17(15-2-1-8-18-11-15)10-13-3-5-14(6-4-13)16-7-9-20-12-16/h1-9,11-12,17,19H,10H2. The van der Waals surface area contributed by atoms with Gasteiger partial charge in [-0.15, -0.1) is 0 Å². The number of aromatic nitrogens is 1. The predicted molar refractivity (Wildman–Crippen MR) is 82.7 cm³/mol. The fourth-order valence-electron chi connectivity index (χ4n) is 2.18. The van der Waals surface area contributed by atoms with E-state index in [1.165, 1.54) is 11.1 Å². The monoisotopic (exact) mass is 281 g/mol. The summed E-state index contributed by atoms with van der Waals surface area (Å²) in [5.41, 5.74) is 4.44. The molecule has 0 aliphatic rings. The molecule has 0 aliphatic carbocycles. The van der Waals surface area contributed by atoms with Gasteiger partial charge in [-0.05, 0) is 45.1 Å². The van der Waals surface area contributed by atoms with Gasteiger partial charge < -0.3 is 5.11 Å². The maximum atomic E-state index is 10.2. The van der Waals surface area contributed by atoms with Crippen LogP contribution in [0.5, 0.6) is 0 Å². The summed E-state index contributed by atoms with van der Waals surface area (Å²) < 4.78 is 0. The van der Waals surface area contributed by atoms with E-state index in [4.69, 9.17) is 0 Å². The maximum absolute atomic E-state index is 10.2. The molecule has 0 amide bonds. The fourth-order valence-corrected chi connectivity index (χ4v) is 2.84. The summed E-state index contributed by atoms with van der Waals surface area (Å²) in [6, 6.07) is 14.2. The molecule has 1 atom stereocenters. The smallest absolute Gasteiger partial charge is 0.0845 e. The van der Waals surface area contributed by atoms with E-state index in [1.54, 1.807) is 23.7 Å². The third-order valence-electron chi connectivity index (χ3n) is 3.31. The van der Waals surface area contributed by atoms with E-state index in [0.29, 0.717) is 6.42 Å². The van der Waals surface area contributed by atoms with Crippen molar-refractivity contribution in [3.63, 3.8) is 0 Å². The minimum Gasteiger partial charge on any atom is -0.388 e. The van der Waals surface area contributed by atoms with Gasteiger partial charge >= 0.3 is 0 Å². The van der Waals surface area contributed by atoms with Crippen LogP contribution in [0.15, 0.2) is 65.6 Å². The van der Waals surface area contributed by atoms with E-state index in [9.17, 15) is 5.11 Å². The lowest BCUT2D eigenvalue weighted by atomic mass is 10.0. The molecule has 3 rings (SSSR count). The molecule has 0 bridgehead atoms. The van der Waals surface area contributed by atoms with Crippen LogP contribution in [-0.2, 0) is 6.42 Å². The van der Waals surface area contributed by atoms with E-state index in [0.717, 1.165) is 11.1 Å². The molecule has 1 aromatic carbocycles. The molecule has 0 spiro atoms.